The summed E-state index contributed by atoms with van der Waals surface area (Å²) in [6.07, 6.45) is 0. The molecule has 0 radical (unpaired) electrons. The predicted octanol–water partition coefficient (Wildman–Crippen LogP) is 14.4. The molecule has 0 N–H and O–H groups in total. The second kappa shape index (κ2) is 14.7. The molecule has 0 fully saturated rings. The lowest BCUT2D eigenvalue weighted by Crippen LogP contribution is -2.06. The van der Waals surface area contributed by atoms with Crippen molar-refractivity contribution in [3.8, 4) is 67.8 Å². The molecule has 0 unspecified atom stereocenters. The lowest BCUT2D eigenvalue weighted by atomic mass is 9.94. The molecule has 9 aromatic carbocycles. The summed E-state index contributed by atoms with van der Waals surface area (Å²) in [5.41, 5.74) is 14.3. The van der Waals surface area contributed by atoms with Gasteiger partial charge < -0.3 is 4.57 Å². The molecule has 0 aliphatic rings. The Hall–Kier alpha value is -8.41. The number of hydrogen-bond donors (Lipinski definition) is 0. The van der Waals surface area contributed by atoms with Gasteiger partial charge in [-0.15, -0.1) is 0 Å². The van der Waals surface area contributed by atoms with Gasteiger partial charge in [-0.2, -0.15) is 9.97 Å². The van der Waals surface area contributed by atoms with E-state index in [9.17, 15) is 0 Å². The van der Waals surface area contributed by atoms with Crippen LogP contribution in [0.1, 0.15) is 0 Å². The minimum Gasteiger partial charge on any atom is -0.309 e. The maximum Gasteiger partial charge on any atom is 0.238 e. The van der Waals surface area contributed by atoms with Gasteiger partial charge in [0.2, 0.25) is 5.95 Å². The largest absolute Gasteiger partial charge is 0.309 e. The minimum absolute atomic E-state index is 0.573. The molecule has 5 heteroatoms. The summed E-state index contributed by atoms with van der Waals surface area (Å²) < 4.78 is 4.67. The highest BCUT2D eigenvalue weighted by Gasteiger charge is 2.24. The van der Waals surface area contributed by atoms with Gasteiger partial charge in [-0.25, -0.2) is 4.98 Å². The van der Waals surface area contributed by atoms with E-state index < -0.39 is 0 Å². The second-order valence-electron chi connectivity index (χ2n) is 15.6. The summed E-state index contributed by atoms with van der Waals surface area (Å²) in [7, 11) is 0. The van der Waals surface area contributed by atoms with Crippen LogP contribution < -0.4 is 0 Å². The van der Waals surface area contributed by atoms with E-state index in [2.05, 4.69) is 197 Å². The Kier molecular flexibility index (Phi) is 8.42. The monoisotopic (exact) mass is 791 g/mol. The van der Waals surface area contributed by atoms with Crippen molar-refractivity contribution in [3.63, 3.8) is 0 Å². The summed E-state index contributed by atoms with van der Waals surface area (Å²) in [6, 6.07) is 79.4. The van der Waals surface area contributed by atoms with Crippen molar-refractivity contribution >= 4 is 43.6 Å². The molecule has 3 heterocycles. The molecule has 0 aliphatic heterocycles. The molecule has 3 aromatic heterocycles. The molecule has 0 aliphatic carbocycles. The maximum absolute atomic E-state index is 5.21. The van der Waals surface area contributed by atoms with Crippen LogP contribution in [-0.2, 0) is 0 Å². The summed E-state index contributed by atoms with van der Waals surface area (Å²) >= 11 is 0. The van der Waals surface area contributed by atoms with Crippen molar-refractivity contribution in [1.29, 1.82) is 0 Å². The highest BCUT2D eigenvalue weighted by molar-refractivity contribution is 6.29. The topological polar surface area (TPSA) is 48.5 Å². The summed E-state index contributed by atoms with van der Waals surface area (Å²) in [6.45, 7) is 0. The van der Waals surface area contributed by atoms with Gasteiger partial charge in [-0.3, -0.25) is 4.57 Å². The first-order valence-electron chi connectivity index (χ1n) is 21.0. The molecular formula is C57H37N5. The van der Waals surface area contributed by atoms with Crippen LogP contribution in [0.25, 0.3) is 111 Å². The quantitative estimate of drug-likeness (QED) is 0.162. The van der Waals surface area contributed by atoms with Gasteiger partial charge in [0, 0.05) is 38.2 Å². The Morgan fingerprint density at radius 2 is 0.710 bits per heavy atom. The van der Waals surface area contributed by atoms with Crippen molar-refractivity contribution in [1.82, 2.24) is 24.1 Å². The molecule has 0 bridgehead atoms. The first kappa shape index (κ1) is 35.5. The van der Waals surface area contributed by atoms with Crippen LogP contribution in [0, 0.1) is 0 Å². The van der Waals surface area contributed by atoms with Gasteiger partial charge in [-0.1, -0.05) is 182 Å². The Morgan fingerprint density at radius 1 is 0.274 bits per heavy atom. The van der Waals surface area contributed by atoms with Crippen LogP contribution >= 0.6 is 0 Å². The van der Waals surface area contributed by atoms with E-state index in [4.69, 9.17) is 15.0 Å². The predicted molar refractivity (Wildman–Crippen MR) is 256 cm³/mol. The van der Waals surface area contributed by atoms with Crippen LogP contribution in [0.15, 0.2) is 224 Å². The van der Waals surface area contributed by atoms with Crippen LogP contribution in [0.3, 0.4) is 0 Å². The summed E-state index contributed by atoms with van der Waals surface area (Å²) in [5.74, 6) is 1.82. The zero-order valence-electron chi connectivity index (χ0n) is 33.6. The van der Waals surface area contributed by atoms with Gasteiger partial charge in [0.25, 0.3) is 0 Å². The molecule has 62 heavy (non-hydrogen) atoms. The van der Waals surface area contributed by atoms with Crippen molar-refractivity contribution in [2.45, 2.75) is 0 Å². The Bertz CT molecular complexity index is 3550. The van der Waals surface area contributed by atoms with Crippen LogP contribution in [-0.4, -0.2) is 24.1 Å². The summed E-state index contributed by atoms with van der Waals surface area (Å²) in [5, 5.41) is 4.65. The molecule has 290 valence electrons. The van der Waals surface area contributed by atoms with Gasteiger partial charge in [0.05, 0.1) is 27.8 Å². The van der Waals surface area contributed by atoms with Gasteiger partial charge in [-0.05, 0) is 70.3 Å². The first-order chi connectivity index (χ1) is 30.8. The minimum atomic E-state index is 0.573. The molecular weight excluding hydrogens is 755 g/mol. The Balaban J connectivity index is 1.14. The zero-order chi connectivity index (χ0) is 41.0. The van der Waals surface area contributed by atoms with E-state index in [1.165, 1.54) is 33.0 Å². The molecule has 12 aromatic rings. The molecule has 0 saturated carbocycles. The van der Waals surface area contributed by atoms with E-state index >= 15 is 0 Å². The third kappa shape index (κ3) is 5.90. The van der Waals surface area contributed by atoms with E-state index in [0.29, 0.717) is 17.6 Å². The standard InChI is InChI=1S/C57H37N5/c1-5-18-38(19-6-1)42-26-17-27-44(36-42)47-37-43(39-20-7-2-8-21-39)32-33-50(47)61-48-30-15-13-28-45(48)53-51(61)34-35-52-54(53)46-29-14-16-31-49(46)62(52)57-59-55(40-22-9-3-10-23-40)58-56(60-57)41-24-11-4-12-25-41/h1-37H. The third-order valence-corrected chi connectivity index (χ3v) is 12.0. The van der Waals surface area contributed by atoms with Gasteiger partial charge in [0.1, 0.15) is 0 Å². The Labute approximate surface area is 358 Å². The molecule has 0 amide bonds. The van der Waals surface area contributed by atoms with Gasteiger partial charge >= 0.3 is 0 Å². The SMILES string of the molecule is c1ccc(-c2cccc(-c3cc(-c4ccccc4)ccc3-n3c4ccccc4c4c5c6ccccc6n(-c6nc(-c7ccccc7)nc(-c7ccccc7)n6)c5ccc43)c2)cc1. The van der Waals surface area contributed by atoms with Crippen LogP contribution in [0.4, 0.5) is 0 Å². The molecule has 0 spiro atoms. The van der Waals surface area contributed by atoms with E-state index in [0.717, 1.165) is 60.8 Å². The molecule has 0 atom stereocenters. The number of nitrogens with zero attached hydrogens (tertiary/aromatic N) is 5. The highest BCUT2D eigenvalue weighted by atomic mass is 15.2. The number of fused-ring (bicyclic) bond motifs is 7. The van der Waals surface area contributed by atoms with Crippen LogP contribution in [0.5, 0.6) is 0 Å². The fraction of sp³-hybridized carbons (Fsp3) is 0. The van der Waals surface area contributed by atoms with Crippen molar-refractivity contribution in [2.75, 3.05) is 0 Å². The normalized spacial score (nSPS) is 11.5. The first-order valence-corrected chi connectivity index (χ1v) is 21.0. The van der Waals surface area contributed by atoms with Crippen molar-refractivity contribution in [3.05, 3.63) is 224 Å². The number of rotatable bonds is 7. The lowest BCUT2D eigenvalue weighted by molar-refractivity contribution is 0.953. The number of para-hydroxylation sites is 2. The number of benzene rings is 9. The molecule has 12 rings (SSSR count). The zero-order valence-corrected chi connectivity index (χ0v) is 33.6. The fourth-order valence-corrected chi connectivity index (χ4v) is 9.16. The van der Waals surface area contributed by atoms with E-state index in [1.807, 2.05) is 36.4 Å². The van der Waals surface area contributed by atoms with E-state index in [-0.39, 0.29) is 0 Å². The molecule has 0 saturated heterocycles. The lowest BCUT2D eigenvalue weighted by Gasteiger charge is -2.17. The average Bonchev–Trinajstić information content (AvgIpc) is 3.88. The number of hydrogen-bond acceptors (Lipinski definition) is 3. The smallest absolute Gasteiger partial charge is 0.238 e. The van der Waals surface area contributed by atoms with E-state index in [1.54, 1.807) is 0 Å². The fourth-order valence-electron chi connectivity index (χ4n) is 9.16. The maximum atomic E-state index is 5.21. The van der Waals surface area contributed by atoms with Crippen molar-refractivity contribution in [2.24, 2.45) is 0 Å². The van der Waals surface area contributed by atoms with Crippen LogP contribution in [0.2, 0.25) is 0 Å². The second-order valence-corrected chi connectivity index (χ2v) is 15.6. The third-order valence-electron chi connectivity index (χ3n) is 12.0. The highest BCUT2D eigenvalue weighted by Crippen LogP contribution is 2.44. The van der Waals surface area contributed by atoms with Gasteiger partial charge in [0.15, 0.2) is 11.6 Å². The molecule has 5 nitrogen and oxygen atoms in total. The summed E-state index contributed by atoms with van der Waals surface area (Å²) in [4.78, 5) is 15.4. The average molecular weight is 792 g/mol. The number of aromatic nitrogens is 5. The Morgan fingerprint density at radius 3 is 1.27 bits per heavy atom. The van der Waals surface area contributed by atoms with Crippen molar-refractivity contribution < 1.29 is 0 Å².